The summed E-state index contributed by atoms with van der Waals surface area (Å²) >= 11 is 4.08. The lowest BCUT2D eigenvalue weighted by molar-refractivity contribution is -0.142. The summed E-state index contributed by atoms with van der Waals surface area (Å²) in [6.45, 7) is -0.888. The summed E-state index contributed by atoms with van der Waals surface area (Å²) in [5, 5.41) is 40.0. The van der Waals surface area contributed by atoms with E-state index in [1.54, 1.807) is 54.1 Å². The van der Waals surface area contributed by atoms with Gasteiger partial charge in [0.15, 0.2) is 11.9 Å². The Kier molecular flexibility index (Phi) is 29.3. The van der Waals surface area contributed by atoms with Gasteiger partial charge in [-0.2, -0.15) is 23.5 Å². The Labute approximate surface area is 459 Å². The lowest BCUT2D eigenvalue weighted by Crippen LogP contribution is -2.60. The molecule has 1 aromatic carbocycles. The molecule has 2 aromatic rings. The zero-order valence-electron chi connectivity index (χ0n) is 43.3. The van der Waals surface area contributed by atoms with Gasteiger partial charge < -0.3 is 81.0 Å². The summed E-state index contributed by atoms with van der Waals surface area (Å²) in [6.07, 6.45) is 5.49. The van der Waals surface area contributed by atoms with Gasteiger partial charge in [0, 0.05) is 37.4 Å². The molecular formula is C48H75N15O11S3. The Hall–Kier alpha value is -6.69. The number of thioether (sulfide) groups is 2. The summed E-state index contributed by atoms with van der Waals surface area (Å²) in [5.41, 5.74) is 28.2. The molecule has 77 heavy (non-hydrogen) atoms. The van der Waals surface area contributed by atoms with Gasteiger partial charge in [-0.25, -0.2) is 4.79 Å². The summed E-state index contributed by atoms with van der Waals surface area (Å²) in [6, 6.07) is 2.13. The Morgan fingerprint density at radius 2 is 1.22 bits per heavy atom. The highest BCUT2D eigenvalue weighted by atomic mass is 32.2. The minimum atomic E-state index is -1.67. The van der Waals surface area contributed by atoms with Crippen molar-refractivity contribution >= 4 is 100 Å². The zero-order valence-corrected chi connectivity index (χ0v) is 45.7. The topological polar surface area (TPSA) is 436 Å². The number of thiophene rings is 1. The third kappa shape index (κ3) is 23.6. The maximum absolute atomic E-state index is 14.1. The molecule has 1 saturated heterocycles. The van der Waals surface area contributed by atoms with Crippen LogP contribution in [0.25, 0.3) is 0 Å². The van der Waals surface area contributed by atoms with Crippen molar-refractivity contribution in [1.29, 1.82) is 0 Å². The molecule has 1 aliphatic heterocycles. The largest absolute Gasteiger partial charge is 0.480 e. The monoisotopic (exact) mass is 1130 g/mol. The molecule has 426 valence electrons. The van der Waals surface area contributed by atoms with E-state index in [-0.39, 0.29) is 70.0 Å². The second-order valence-electron chi connectivity index (χ2n) is 17.9. The van der Waals surface area contributed by atoms with Crippen LogP contribution in [0.5, 0.6) is 0 Å². The molecule has 0 bridgehead atoms. The highest BCUT2D eigenvalue weighted by Gasteiger charge is 2.38. The van der Waals surface area contributed by atoms with Gasteiger partial charge in [-0.05, 0) is 92.4 Å². The van der Waals surface area contributed by atoms with Crippen LogP contribution >= 0.6 is 34.9 Å². The van der Waals surface area contributed by atoms with E-state index in [0.29, 0.717) is 47.8 Å². The number of nitrogens with one attached hydrogen (secondary N) is 7. The number of aliphatic carboxylic acids is 1. The molecule has 1 fully saturated rings. The van der Waals surface area contributed by atoms with E-state index >= 15 is 0 Å². The van der Waals surface area contributed by atoms with Gasteiger partial charge in [-0.15, -0.1) is 11.3 Å². The van der Waals surface area contributed by atoms with E-state index in [2.05, 4.69) is 47.2 Å². The SMILES string of the molecule is CSCC[C@H](NC(=O)[C@@H](Cc1ccccc1)NC(=O)[C@H](CO)NC(=O)[C@H](Cc1cccs1)NC(=O)CNC(=O)[C@H](CCSC)NC(=O)[C@@H]1CCCN1C(=O)[C@@H](N)CCCN=C(N)N)C(=O)N[C@@H](CCCN=C(N)N)C(=O)O. The number of hydrogen-bond acceptors (Lipinski definition) is 16. The maximum atomic E-state index is 14.1. The fourth-order valence-corrected chi connectivity index (χ4v) is 9.61. The zero-order chi connectivity index (χ0) is 56.9. The summed E-state index contributed by atoms with van der Waals surface area (Å²) in [7, 11) is 0. The predicted octanol–water partition coefficient (Wildman–Crippen LogP) is -3.43. The number of likely N-dealkylation sites (tertiary alicyclic amines) is 1. The molecule has 0 saturated carbocycles. The summed E-state index contributed by atoms with van der Waals surface area (Å²) in [5.74, 6) is -6.73. The Morgan fingerprint density at radius 1 is 0.675 bits per heavy atom. The molecular weight excluding hydrogens is 1060 g/mol. The maximum Gasteiger partial charge on any atom is 0.326 e. The highest BCUT2D eigenvalue weighted by molar-refractivity contribution is 7.98. The van der Waals surface area contributed by atoms with Crippen molar-refractivity contribution in [2.45, 2.75) is 113 Å². The van der Waals surface area contributed by atoms with E-state index in [1.807, 2.05) is 6.26 Å². The number of nitrogens with zero attached hydrogens (tertiary/aromatic N) is 3. The van der Waals surface area contributed by atoms with Crippen LogP contribution in [-0.2, 0) is 56.0 Å². The van der Waals surface area contributed by atoms with Crippen molar-refractivity contribution in [3.05, 3.63) is 58.3 Å². The average Bonchev–Trinajstić information content (AvgIpc) is 4.12. The van der Waals surface area contributed by atoms with Crippen molar-refractivity contribution in [3.8, 4) is 0 Å². The molecule has 0 aliphatic carbocycles. The van der Waals surface area contributed by atoms with Crippen molar-refractivity contribution in [2.75, 3.05) is 56.8 Å². The van der Waals surface area contributed by atoms with E-state index in [9.17, 15) is 53.4 Å². The third-order valence-electron chi connectivity index (χ3n) is 12.0. The van der Waals surface area contributed by atoms with Gasteiger partial charge in [-0.1, -0.05) is 36.4 Å². The van der Waals surface area contributed by atoms with Crippen LogP contribution in [0.3, 0.4) is 0 Å². The predicted molar refractivity (Wildman–Crippen MR) is 296 cm³/mol. The molecule has 8 amide bonds. The molecule has 29 heteroatoms. The van der Waals surface area contributed by atoms with E-state index < -0.39 is 115 Å². The molecule has 8 atom stereocenters. The first-order valence-electron chi connectivity index (χ1n) is 24.9. The summed E-state index contributed by atoms with van der Waals surface area (Å²) in [4.78, 5) is 131. The summed E-state index contributed by atoms with van der Waals surface area (Å²) < 4.78 is 0. The molecule has 19 N–H and O–H groups in total. The van der Waals surface area contributed by atoms with Crippen LogP contribution in [0.2, 0.25) is 0 Å². The Bertz CT molecular complexity index is 2310. The number of guanidine groups is 2. The number of benzene rings is 1. The number of carboxylic acids is 1. The second kappa shape index (κ2) is 34.9. The number of carbonyl (C=O) groups excluding carboxylic acids is 8. The van der Waals surface area contributed by atoms with Crippen LogP contribution in [-0.4, -0.2) is 185 Å². The van der Waals surface area contributed by atoms with Gasteiger partial charge in [0.2, 0.25) is 47.3 Å². The fourth-order valence-electron chi connectivity index (χ4n) is 7.91. The number of rotatable bonds is 35. The number of aliphatic hydroxyl groups is 1. The Morgan fingerprint density at radius 3 is 1.79 bits per heavy atom. The quantitative estimate of drug-likeness (QED) is 0.0181. The van der Waals surface area contributed by atoms with E-state index in [0.717, 1.165) is 0 Å². The smallest absolute Gasteiger partial charge is 0.326 e. The van der Waals surface area contributed by atoms with Crippen molar-refractivity contribution < 1.29 is 53.4 Å². The molecule has 0 spiro atoms. The number of aliphatic imine (C=N–C) groups is 2. The molecule has 0 radical (unpaired) electrons. The fraction of sp³-hybridized carbons (Fsp3) is 0.562. The van der Waals surface area contributed by atoms with Crippen molar-refractivity contribution in [2.24, 2.45) is 38.7 Å². The number of carbonyl (C=O) groups is 9. The first-order chi connectivity index (χ1) is 36.8. The van der Waals surface area contributed by atoms with Crippen LogP contribution in [0.15, 0.2) is 57.8 Å². The van der Waals surface area contributed by atoms with Crippen LogP contribution < -0.4 is 65.9 Å². The normalized spacial score (nSPS) is 15.6. The average molecular weight is 1130 g/mol. The van der Waals surface area contributed by atoms with Gasteiger partial charge >= 0.3 is 5.97 Å². The molecule has 0 unspecified atom stereocenters. The first kappa shape index (κ1) is 64.6. The minimum Gasteiger partial charge on any atom is -0.480 e. The molecule has 3 rings (SSSR count). The van der Waals surface area contributed by atoms with E-state index in [1.165, 1.54) is 39.8 Å². The van der Waals surface area contributed by atoms with Gasteiger partial charge in [-0.3, -0.25) is 48.3 Å². The number of carboxylic acid groups (broad SMARTS) is 1. The molecule has 1 aliphatic rings. The standard InChI is InChI=1S/C48H75N15O11S3/c1-75-22-16-31(59-44(71)37-15-8-20-63(37)45(72)30(49)13-6-18-54-47(50)51)39(66)56-26-38(65)57-35(25-29-12-9-21-77-29)42(69)62-36(27-64)43(70)61-34(24-28-10-4-3-5-11-28)41(68)58-32(17-23-76-2)40(67)60-33(46(73)74)14-7-19-55-48(52)53/h3-5,9-12,21,30-37,64H,6-8,13-20,22-27,49H2,1-2H3,(H,56,66)(H,57,65)(H,58,68)(H,59,71)(H,60,67)(H,61,70)(H,62,69)(H,73,74)(H4,50,51,54)(H4,52,53,55)/t30-,31-,32-,33-,34+,35-,36-,37-/m0/s1. The van der Waals surface area contributed by atoms with Crippen LogP contribution in [0.4, 0.5) is 0 Å². The molecule has 2 heterocycles. The minimum absolute atomic E-state index is 0.0226. The first-order valence-corrected chi connectivity index (χ1v) is 28.6. The highest BCUT2D eigenvalue weighted by Crippen LogP contribution is 2.20. The van der Waals surface area contributed by atoms with Crippen molar-refractivity contribution in [1.82, 2.24) is 42.1 Å². The lowest BCUT2D eigenvalue weighted by atomic mass is 10.0. The molecule has 26 nitrogen and oxygen atoms in total. The van der Waals surface area contributed by atoms with E-state index in [4.69, 9.17) is 28.7 Å². The van der Waals surface area contributed by atoms with Crippen LogP contribution in [0.1, 0.15) is 61.8 Å². The Balaban J connectivity index is 1.73. The molecule has 1 aromatic heterocycles. The van der Waals surface area contributed by atoms with Gasteiger partial charge in [0.25, 0.3) is 0 Å². The van der Waals surface area contributed by atoms with Crippen molar-refractivity contribution in [3.63, 3.8) is 0 Å². The number of aliphatic hydroxyl groups excluding tert-OH is 1. The number of nitrogens with two attached hydrogens (primary N) is 5. The van der Waals surface area contributed by atoms with Gasteiger partial charge in [0.1, 0.15) is 42.3 Å². The van der Waals surface area contributed by atoms with Crippen LogP contribution in [0, 0.1) is 0 Å². The second-order valence-corrected chi connectivity index (χ2v) is 20.9. The number of hydrogen-bond donors (Lipinski definition) is 14. The third-order valence-corrected chi connectivity index (χ3v) is 14.1. The number of amides is 8. The lowest BCUT2D eigenvalue weighted by Gasteiger charge is -2.28. The van der Waals surface area contributed by atoms with Gasteiger partial charge in [0.05, 0.1) is 19.2 Å².